The summed E-state index contributed by atoms with van der Waals surface area (Å²) in [6, 6.07) is 12.3. The zero-order chi connectivity index (χ0) is 26.1. The zero-order valence-electron chi connectivity index (χ0n) is 21.6. The molecule has 2 aromatic rings. The van der Waals surface area contributed by atoms with Gasteiger partial charge < -0.3 is 15.5 Å². The molecule has 36 heavy (non-hydrogen) atoms. The Balaban J connectivity index is 1.84. The molecule has 1 aliphatic rings. The number of nitrogens with one attached hydrogen (secondary N) is 2. The fourth-order valence-corrected chi connectivity index (χ4v) is 5.58. The predicted octanol–water partition coefficient (Wildman–Crippen LogP) is 5.54. The highest BCUT2D eigenvalue weighted by Crippen LogP contribution is 2.31. The zero-order valence-corrected chi connectivity index (χ0v) is 22.4. The first kappa shape index (κ1) is 28.2. The van der Waals surface area contributed by atoms with Gasteiger partial charge in [-0.05, 0) is 79.0 Å². The number of benzene rings is 2. The van der Waals surface area contributed by atoms with Crippen molar-refractivity contribution in [2.45, 2.75) is 77.1 Å². The van der Waals surface area contributed by atoms with Crippen molar-refractivity contribution in [3.05, 3.63) is 59.2 Å². The third-order valence-corrected chi connectivity index (χ3v) is 7.75. The molecule has 1 fully saturated rings. The maximum atomic E-state index is 13.2. The fourth-order valence-electron chi connectivity index (χ4n) is 5.11. The highest BCUT2D eigenvalue weighted by molar-refractivity contribution is 7.98. The van der Waals surface area contributed by atoms with E-state index in [4.69, 9.17) is 0 Å². The third-order valence-electron chi connectivity index (χ3n) is 7.11. The van der Waals surface area contributed by atoms with Crippen molar-refractivity contribution < 1.29 is 19.8 Å². The third kappa shape index (κ3) is 7.82. The second kappa shape index (κ2) is 13.8. The van der Waals surface area contributed by atoms with Crippen LogP contribution in [0, 0.1) is 12.8 Å². The highest BCUT2D eigenvalue weighted by atomic mass is 32.2. The molecule has 0 saturated heterocycles. The SMILES string of the molecule is CSCC[C@H](NC(=O)c1ccc(C(O)NC(C)CC2CCCCC2)cc1-c1ccccc1C)C(=O)O. The predicted molar refractivity (Wildman–Crippen MR) is 147 cm³/mol. The maximum absolute atomic E-state index is 13.2. The Bertz CT molecular complexity index is 1020. The maximum Gasteiger partial charge on any atom is 0.326 e. The van der Waals surface area contributed by atoms with Crippen LogP contribution in [0.5, 0.6) is 0 Å². The second-order valence-corrected chi connectivity index (χ2v) is 11.0. The van der Waals surface area contributed by atoms with Crippen molar-refractivity contribution in [1.82, 2.24) is 10.6 Å². The van der Waals surface area contributed by atoms with Gasteiger partial charge in [-0.2, -0.15) is 11.8 Å². The van der Waals surface area contributed by atoms with E-state index in [1.54, 1.807) is 23.9 Å². The van der Waals surface area contributed by atoms with E-state index in [2.05, 4.69) is 17.6 Å². The van der Waals surface area contributed by atoms with Crippen molar-refractivity contribution >= 4 is 23.6 Å². The van der Waals surface area contributed by atoms with E-state index in [1.165, 1.54) is 32.1 Å². The van der Waals surface area contributed by atoms with Gasteiger partial charge >= 0.3 is 5.97 Å². The number of carboxylic acid groups (broad SMARTS) is 1. The van der Waals surface area contributed by atoms with Gasteiger partial charge in [0, 0.05) is 11.6 Å². The molecule has 0 aliphatic heterocycles. The monoisotopic (exact) mass is 512 g/mol. The van der Waals surface area contributed by atoms with E-state index in [0.29, 0.717) is 34.8 Å². The molecule has 3 rings (SSSR count). The lowest BCUT2D eigenvalue weighted by molar-refractivity contribution is -0.139. The van der Waals surface area contributed by atoms with Gasteiger partial charge in [-0.3, -0.25) is 10.1 Å². The molecule has 1 aliphatic carbocycles. The van der Waals surface area contributed by atoms with Crippen LogP contribution >= 0.6 is 11.8 Å². The quantitative estimate of drug-likeness (QED) is 0.279. The van der Waals surface area contributed by atoms with Crippen LogP contribution in [0.25, 0.3) is 11.1 Å². The Morgan fingerprint density at radius 1 is 1.08 bits per heavy atom. The van der Waals surface area contributed by atoms with Gasteiger partial charge in [-0.1, -0.05) is 62.4 Å². The summed E-state index contributed by atoms with van der Waals surface area (Å²) in [5, 5.41) is 26.6. The molecule has 2 aromatic carbocycles. The molecule has 0 radical (unpaired) electrons. The molecule has 0 spiro atoms. The van der Waals surface area contributed by atoms with Crippen LogP contribution in [0.4, 0.5) is 0 Å². The van der Waals surface area contributed by atoms with Crippen molar-refractivity contribution in [1.29, 1.82) is 0 Å². The summed E-state index contributed by atoms with van der Waals surface area (Å²) in [6.07, 6.45) is 8.87. The smallest absolute Gasteiger partial charge is 0.326 e. The van der Waals surface area contributed by atoms with Gasteiger partial charge in [0.2, 0.25) is 0 Å². The number of hydrogen-bond donors (Lipinski definition) is 4. The van der Waals surface area contributed by atoms with Crippen molar-refractivity contribution in [3.63, 3.8) is 0 Å². The standard InChI is InChI=1S/C29H40N2O4S/c1-19-9-7-8-12-23(19)25-18-22(27(32)30-20(2)17-21-10-5-4-6-11-21)13-14-24(25)28(33)31-26(29(34)35)15-16-36-3/h7-9,12-14,18,20-21,26-27,30,32H,4-6,10-11,15-17H2,1-3H3,(H,31,33)(H,34,35)/t20?,26-,27?/m0/s1. The number of thioether (sulfide) groups is 1. The normalized spacial score (nSPS) is 16.8. The first-order valence-corrected chi connectivity index (χ1v) is 14.4. The van der Waals surface area contributed by atoms with Gasteiger partial charge in [-0.25, -0.2) is 4.79 Å². The summed E-state index contributed by atoms with van der Waals surface area (Å²) in [5.74, 6) is -0.132. The van der Waals surface area contributed by atoms with E-state index in [0.717, 1.165) is 17.5 Å². The van der Waals surface area contributed by atoms with Crippen LogP contribution < -0.4 is 10.6 Å². The van der Waals surface area contributed by atoms with E-state index >= 15 is 0 Å². The lowest BCUT2D eigenvalue weighted by Gasteiger charge is -2.27. The summed E-state index contributed by atoms with van der Waals surface area (Å²) in [5.41, 5.74) is 3.62. The molecule has 7 heteroatoms. The van der Waals surface area contributed by atoms with Crippen LogP contribution in [0.2, 0.25) is 0 Å². The highest BCUT2D eigenvalue weighted by Gasteiger charge is 2.24. The summed E-state index contributed by atoms with van der Waals surface area (Å²) < 4.78 is 0. The fraction of sp³-hybridized carbons (Fsp3) is 0.517. The van der Waals surface area contributed by atoms with Crippen LogP contribution in [-0.2, 0) is 4.79 Å². The Labute approximate surface area is 219 Å². The van der Waals surface area contributed by atoms with E-state index in [9.17, 15) is 19.8 Å². The van der Waals surface area contributed by atoms with E-state index in [-0.39, 0.29) is 6.04 Å². The molecule has 1 saturated carbocycles. The van der Waals surface area contributed by atoms with Crippen molar-refractivity contribution in [3.8, 4) is 11.1 Å². The number of hydrogen-bond acceptors (Lipinski definition) is 5. The summed E-state index contributed by atoms with van der Waals surface area (Å²) in [6.45, 7) is 4.09. The molecule has 3 atom stereocenters. The van der Waals surface area contributed by atoms with Crippen LogP contribution in [-0.4, -0.2) is 46.2 Å². The molecule has 196 valence electrons. The van der Waals surface area contributed by atoms with E-state index in [1.807, 2.05) is 43.5 Å². The molecular formula is C29H40N2O4S. The summed E-state index contributed by atoms with van der Waals surface area (Å²) >= 11 is 1.54. The number of aryl methyl sites for hydroxylation is 1. The number of aliphatic hydroxyl groups excluding tert-OH is 1. The largest absolute Gasteiger partial charge is 0.480 e. The van der Waals surface area contributed by atoms with E-state index < -0.39 is 24.1 Å². The van der Waals surface area contributed by atoms with Gasteiger partial charge in [-0.15, -0.1) is 0 Å². The molecule has 0 aromatic heterocycles. The number of carbonyl (C=O) groups excluding carboxylic acids is 1. The van der Waals surface area contributed by atoms with Gasteiger partial charge in [0.15, 0.2) is 0 Å². The number of carboxylic acids is 1. The average molecular weight is 513 g/mol. The minimum absolute atomic E-state index is 0.167. The molecule has 6 nitrogen and oxygen atoms in total. The number of aliphatic carboxylic acids is 1. The lowest BCUT2D eigenvalue weighted by atomic mass is 9.85. The topological polar surface area (TPSA) is 98.7 Å². The van der Waals surface area contributed by atoms with Gasteiger partial charge in [0.25, 0.3) is 5.91 Å². The first-order valence-electron chi connectivity index (χ1n) is 13.0. The second-order valence-electron chi connectivity index (χ2n) is 9.98. The molecule has 0 heterocycles. The Morgan fingerprint density at radius 2 is 1.81 bits per heavy atom. The van der Waals surface area contributed by atoms with Crippen LogP contribution in [0.15, 0.2) is 42.5 Å². The molecule has 4 N–H and O–H groups in total. The molecule has 1 amide bonds. The minimum Gasteiger partial charge on any atom is -0.480 e. The number of rotatable bonds is 12. The number of amides is 1. The lowest BCUT2D eigenvalue weighted by Crippen LogP contribution is -2.41. The summed E-state index contributed by atoms with van der Waals surface area (Å²) in [4.78, 5) is 25.0. The number of carbonyl (C=O) groups is 2. The van der Waals surface area contributed by atoms with Crippen molar-refractivity contribution in [2.75, 3.05) is 12.0 Å². The molecule has 0 bridgehead atoms. The van der Waals surface area contributed by atoms with Crippen LogP contribution in [0.3, 0.4) is 0 Å². The number of aliphatic hydroxyl groups is 1. The van der Waals surface area contributed by atoms with Gasteiger partial charge in [0.05, 0.1) is 0 Å². The Morgan fingerprint density at radius 3 is 2.47 bits per heavy atom. The molecular weight excluding hydrogens is 472 g/mol. The Kier molecular flexibility index (Phi) is 10.8. The minimum atomic E-state index is -1.04. The van der Waals surface area contributed by atoms with Crippen LogP contribution in [0.1, 0.15) is 79.6 Å². The van der Waals surface area contributed by atoms with Crippen molar-refractivity contribution in [2.24, 2.45) is 5.92 Å². The molecule has 2 unspecified atom stereocenters. The Hall–Kier alpha value is -2.35. The summed E-state index contributed by atoms with van der Waals surface area (Å²) in [7, 11) is 0. The average Bonchev–Trinajstić information content (AvgIpc) is 2.86. The van der Waals surface area contributed by atoms with Gasteiger partial charge in [0.1, 0.15) is 12.3 Å². The first-order chi connectivity index (χ1) is 17.3.